The SMILES string of the molecule is CCCCOC(=O)CN1CCC(C)(C(N)=O)C1. The number of carbonyl (C=O) groups is 2. The molecule has 0 aromatic carbocycles. The lowest BCUT2D eigenvalue weighted by Crippen LogP contribution is -2.38. The molecule has 0 bridgehead atoms. The molecule has 1 heterocycles. The zero-order chi connectivity index (χ0) is 12.9. The highest BCUT2D eigenvalue weighted by Crippen LogP contribution is 2.28. The lowest BCUT2D eigenvalue weighted by atomic mass is 9.89. The van der Waals surface area contributed by atoms with Crippen molar-refractivity contribution >= 4 is 11.9 Å². The first-order valence-electron chi connectivity index (χ1n) is 6.16. The molecular weight excluding hydrogens is 220 g/mol. The summed E-state index contributed by atoms with van der Waals surface area (Å²) < 4.78 is 5.08. The quantitative estimate of drug-likeness (QED) is 0.544. The molecule has 5 nitrogen and oxygen atoms in total. The van der Waals surface area contributed by atoms with Crippen LogP contribution < -0.4 is 5.73 Å². The van der Waals surface area contributed by atoms with E-state index in [1.807, 2.05) is 18.7 Å². The van der Waals surface area contributed by atoms with Crippen LogP contribution >= 0.6 is 0 Å². The number of amides is 1. The van der Waals surface area contributed by atoms with Crippen molar-refractivity contribution in [1.29, 1.82) is 0 Å². The van der Waals surface area contributed by atoms with Gasteiger partial charge in [-0.15, -0.1) is 0 Å². The van der Waals surface area contributed by atoms with E-state index in [1.165, 1.54) is 0 Å². The highest BCUT2D eigenvalue weighted by atomic mass is 16.5. The predicted molar refractivity (Wildman–Crippen MR) is 64.2 cm³/mol. The van der Waals surface area contributed by atoms with Crippen molar-refractivity contribution < 1.29 is 14.3 Å². The Labute approximate surface area is 102 Å². The van der Waals surface area contributed by atoms with Gasteiger partial charge in [-0.1, -0.05) is 13.3 Å². The van der Waals surface area contributed by atoms with Crippen LogP contribution in [-0.2, 0) is 14.3 Å². The normalized spacial score (nSPS) is 24.8. The molecule has 2 N–H and O–H groups in total. The zero-order valence-electron chi connectivity index (χ0n) is 10.7. The molecule has 5 heteroatoms. The number of ether oxygens (including phenoxy) is 1. The summed E-state index contributed by atoms with van der Waals surface area (Å²) in [5.41, 5.74) is 4.85. The van der Waals surface area contributed by atoms with E-state index in [-0.39, 0.29) is 18.4 Å². The Morgan fingerprint density at radius 2 is 2.18 bits per heavy atom. The van der Waals surface area contributed by atoms with Crippen LogP contribution in [0.25, 0.3) is 0 Å². The van der Waals surface area contributed by atoms with E-state index in [1.54, 1.807) is 0 Å². The van der Waals surface area contributed by atoms with Crippen molar-refractivity contribution in [3.05, 3.63) is 0 Å². The molecule has 0 aromatic heterocycles. The maximum absolute atomic E-state index is 11.5. The van der Waals surface area contributed by atoms with Gasteiger partial charge in [0, 0.05) is 6.54 Å². The number of rotatable bonds is 6. The summed E-state index contributed by atoms with van der Waals surface area (Å²) in [6, 6.07) is 0. The molecule has 98 valence electrons. The van der Waals surface area contributed by atoms with Gasteiger partial charge in [-0.2, -0.15) is 0 Å². The molecule has 1 aliphatic rings. The van der Waals surface area contributed by atoms with E-state index in [0.717, 1.165) is 19.4 Å². The van der Waals surface area contributed by atoms with Crippen LogP contribution in [0.1, 0.15) is 33.1 Å². The van der Waals surface area contributed by atoms with Crippen LogP contribution in [0.5, 0.6) is 0 Å². The molecule has 0 aliphatic carbocycles. The third-order valence-corrected chi connectivity index (χ3v) is 3.26. The van der Waals surface area contributed by atoms with Crippen molar-refractivity contribution in [1.82, 2.24) is 4.90 Å². The number of nitrogens with zero attached hydrogens (tertiary/aromatic N) is 1. The minimum Gasteiger partial charge on any atom is -0.465 e. The minimum atomic E-state index is -0.496. The molecule has 0 saturated carbocycles. The Hall–Kier alpha value is -1.10. The topological polar surface area (TPSA) is 72.6 Å². The molecule has 0 aromatic rings. The van der Waals surface area contributed by atoms with Crippen molar-refractivity contribution in [3.63, 3.8) is 0 Å². The van der Waals surface area contributed by atoms with E-state index < -0.39 is 5.41 Å². The van der Waals surface area contributed by atoms with Crippen LogP contribution in [0, 0.1) is 5.41 Å². The summed E-state index contributed by atoms with van der Waals surface area (Å²) in [6.45, 7) is 5.90. The summed E-state index contributed by atoms with van der Waals surface area (Å²) in [5.74, 6) is -0.508. The molecule has 1 unspecified atom stereocenters. The third kappa shape index (κ3) is 4.00. The van der Waals surface area contributed by atoms with Crippen molar-refractivity contribution in [3.8, 4) is 0 Å². The Bertz CT molecular complexity index is 293. The third-order valence-electron chi connectivity index (χ3n) is 3.26. The predicted octanol–water partition coefficient (Wildman–Crippen LogP) is 0.527. The summed E-state index contributed by atoms with van der Waals surface area (Å²) in [4.78, 5) is 24.6. The lowest BCUT2D eigenvalue weighted by Gasteiger charge is -2.20. The van der Waals surface area contributed by atoms with Crippen LogP contribution in [0.2, 0.25) is 0 Å². The highest BCUT2D eigenvalue weighted by Gasteiger charge is 2.39. The van der Waals surface area contributed by atoms with Gasteiger partial charge in [-0.05, 0) is 26.3 Å². The smallest absolute Gasteiger partial charge is 0.320 e. The second-order valence-electron chi connectivity index (χ2n) is 4.96. The number of esters is 1. The number of unbranched alkanes of at least 4 members (excludes halogenated alkanes) is 1. The fraction of sp³-hybridized carbons (Fsp3) is 0.833. The molecule has 1 rings (SSSR count). The van der Waals surface area contributed by atoms with Crippen LogP contribution in [-0.4, -0.2) is 43.0 Å². The second kappa shape index (κ2) is 6.00. The standard InChI is InChI=1S/C12H22N2O3/c1-3-4-7-17-10(15)8-14-6-5-12(2,9-14)11(13)16/h3-9H2,1-2H3,(H2,13,16). The van der Waals surface area contributed by atoms with Crippen LogP contribution in [0.3, 0.4) is 0 Å². The van der Waals surface area contributed by atoms with Gasteiger partial charge >= 0.3 is 5.97 Å². The minimum absolute atomic E-state index is 0.216. The van der Waals surface area contributed by atoms with Crippen molar-refractivity contribution in [2.45, 2.75) is 33.1 Å². The largest absolute Gasteiger partial charge is 0.465 e. The van der Waals surface area contributed by atoms with Gasteiger partial charge in [0.1, 0.15) is 0 Å². The Morgan fingerprint density at radius 3 is 2.71 bits per heavy atom. The Balaban J connectivity index is 2.30. The van der Waals surface area contributed by atoms with Crippen LogP contribution in [0.4, 0.5) is 0 Å². The maximum Gasteiger partial charge on any atom is 0.320 e. The van der Waals surface area contributed by atoms with Gasteiger partial charge in [0.25, 0.3) is 0 Å². The van der Waals surface area contributed by atoms with Crippen molar-refractivity contribution in [2.24, 2.45) is 11.1 Å². The average Bonchev–Trinajstić information content (AvgIpc) is 2.62. The van der Waals surface area contributed by atoms with E-state index >= 15 is 0 Å². The Kier molecular flexibility index (Phi) is 4.93. The number of carbonyl (C=O) groups excluding carboxylic acids is 2. The molecule has 17 heavy (non-hydrogen) atoms. The van der Waals surface area contributed by atoms with Gasteiger partial charge < -0.3 is 10.5 Å². The first-order chi connectivity index (χ1) is 7.98. The fourth-order valence-corrected chi connectivity index (χ4v) is 1.95. The van der Waals surface area contributed by atoms with E-state index in [4.69, 9.17) is 10.5 Å². The highest BCUT2D eigenvalue weighted by molar-refractivity contribution is 5.81. The molecule has 1 fully saturated rings. The summed E-state index contributed by atoms with van der Waals surface area (Å²) in [6.07, 6.45) is 2.62. The molecule has 1 amide bonds. The monoisotopic (exact) mass is 242 g/mol. The number of likely N-dealkylation sites (tertiary alicyclic amines) is 1. The lowest BCUT2D eigenvalue weighted by molar-refractivity contribution is -0.145. The molecule has 0 radical (unpaired) electrons. The number of hydrogen-bond donors (Lipinski definition) is 1. The summed E-state index contributed by atoms with van der Waals surface area (Å²) in [5, 5.41) is 0. The number of hydrogen-bond acceptors (Lipinski definition) is 4. The number of primary amides is 1. The number of nitrogens with two attached hydrogens (primary N) is 1. The molecule has 1 atom stereocenters. The fourth-order valence-electron chi connectivity index (χ4n) is 1.95. The van der Waals surface area contributed by atoms with Gasteiger partial charge in [-0.25, -0.2) is 0 Å². The van der Waals surface area contributed by atoms with Gasteiger partial charge in [0.05, 0.1) is 18.6 Å². The Morgan fingerprint density at radius 1 is 1.47 bits per heavy atom. The molecule has 1 saturated heterocycles. The summed E-state index contributed by atoms with van der Waals surface area (Å²) >= 11 is 0. The zero-order valence-corrected chi connectivity index (χ0v) is 10.7. The first kappa shape index (κ1) is 14.0. The van der Waals surface area contributed by atoms with Crippen LogP contribution in [0.15, 0.2) is 0 Å². The van der Waals surface area contributed by atoms with Crippen molar-refractivity contribution in [2.75, 3.05) is 26.2 Å². The molecule has 0 spiro atoms. The average molecular weight is 242 g/mol. The van der Waals surface area contributed by atoms with Gasteiger partial charge in [-0.3, -0.25) is 14.5 Å². The maximum atomic E-state index is 11.5. The van der Waals surface area contributed by atoms with E-state index in [9.17, 15) is 9.59 Å². The van der Waals surface area contributed by atoms with E-state index in [2.05, 4.69) is 0 Å². The van der Waals surface area contributed by atoms with Gasteiger partial charge in [0.15, 0.2) is 0 Å². The molecular formula is C12H22N2O3. The summed E-state index contributed by atoms with van der Waals surface area (Å²) in [7, 11) is 0. The van der Waals surface area contributed by atoms with E-state index in [0.29, 0.717) is 19.6 Å². The van der Waals surface area contributed by atoms with Gasteiger partial charge in [0.2, 0.25) is 5.91 Å². The second-order valence-corrected chi connectivity index (χ2v) is 4.96. The first-order valence-corrected chi connectivity index (χ1v) is 6.16. The molecule has 1 aliphatic heterocycles.